The summed E-state index contributed by atoms with van der Waals surface area (Å²) in [4.78, 5) is 14.6. The van der Waals surface area contributed by atoms with Gasteiger partial charge in [0.25, 0.3) is 0 Å². The van der Waals surface area contributed by atoms with Gasteiger partial charge < -0.3 is 9.52 Å². The van der Waals surface area contributed by atoms with Gasteiger partial charge >= 0.3 is 5.63 Å². The van der Waals surface area contributed by atoms with Gasteiger partial charge in [0.1, 0.15) is 11.3 Å². The number of hydrogen-bond acceptors (Lipinski definition) is 4. The molecule has 0 saturated carbocycles. The Labute approximate surface area is 152 Å². The Morgan fingerprint density at radius 2 is 1.92 bits per heavy atom. The van der Waals surface area contributed by atoms with E-state index in [1.165, 1.54) is 15.2 Å². The van der Waals surface area contributed by atoms with Gasteiger partial charge in [-0.05, 0) is 64.4 Å². The zero-order valence-corrected chi connectivity index (χ0v) is 15.1. The predicted octanol–water partition coefficient (Wildman–Crippen LogP) is 3.66. The van der Waals surface area contributed by atoms with E-state index in [1.807, 2.05) is 6.07 Å². The Morgan fingerprint density at radius 3 is 2.71 bits per heavy atom. The third kappa shape index (κ3) is 2.93. The van der Waals surface area contributed by atoms with E-state index in [0.29, 0.717) is 12.1 Å². The van der Waals surface area contributed by atoms with E-state index in [-0.39, 0.29) is 11.4 Å². The summed E-state index contributed by atoms with van der Waals surface area (Å²) < 4.78 is 6.63. The second kappa shape index (κ2) is 6.22. The summed E-state index contributed by atoms with van der Waals surface area (Å²) in [7, 11) is 0. The van der Waals surface area contributed by atoms with E-state index < -0.39 is 0 Å². The fourth-order valence-corrected chi connectivity index (χ4v) is 3.65. The van der Waals surface area contributed by atoms with Crippen molar-refractivity contribution < 1.29 is 9.52 Å². The zero-order chi connectivity index (χ0) is 16.7. The molecule has 5 heteroatoms. The average Bonchev–Trinajstić information content (AvgIpc) is 2.57. The molecule has 0 radical (unpaired) electrons. The summed E-state index contributed by atoms with van der Waals surface area (Å²) in [6.07, 6.45) is 0.812. The molecular weight excluding hydrogens is 417 g/mol. The van der Waals surface area contributed by atoms with Crippen molar-refractivity contribution in [1.82, 2.24) is 4.90 Å². The van der Waals surface area contributed by atoms with E-state index in [4.69, 9.17) is 4.42 Å². The second-order valence-corrected chi connectivity index (χ2v) is 7.36. The van der Waals surface area contributed by atoms with Crippen molar-refractivity contribution in [2.75, 3.05) is 6.54 Å². The minimum absolute atomic E-state index is 0.113. The van der Waals surface area contributed by atoms with Crippen LogP contribution in [-0.4, -0.2) is 16.6 Å². The number of hydrogen-bond donors (Lipinski definition) is 1. The van der Waals surface area contributed by atoms with Gasteiger partial charge in [-0.2, -0.15) is 0 Å². The second-order valence-electron chi connectivity index (χ2n) is 6.11. The Kier molecular flexibility index (Phi) is 4.05. The van der Waals surface area contributed by atoms with E-state index in [0.717, 1.165) is 36.0 Å². The fourth-order valence-electron chi connectivity index (χ4n) is 3.29. The molecule has 0 amide bonds. The van der Waals surface area contributed by atoms with Crippen molar-refractivity contribution in [3.63, 3.8) is 0 Å². The lowest BCUT2D eigenvalue weighted by Gasteiger charge is -2.28. The van der Waals surface area contributed by atoms with Crippen molar-refractivity contribution >= 4 is 33.6 Å². The number of halogens is 1. The zero-order valence-electron chi connectivity index (χ0n) is 13.0. The molecule has 3 aromatic rings. The molecule has 2 aromatic carbocycles. The van der Waals surface area contributed by atoms with Crippen molar-refractivity contribution in [1.29, 1.82) is 0 Å². The van der Waals surface area contributed by atoms with Crippen LogP contribution in [-0.2, 0) is 19.5 Å². The molecule has 1 aromatic heterocycles. The van der Waals surface area contributed by atoms with Crippen LogP contribution in [0, 0.1) is 3.57 Å². The highest BCUT2D eigenvalue weighted by atomic mass is 127. The van der Waals surface area contributed by atoms with Gasteiger partial charge in [-0.1, -0.05) is 12.1 Å². The quantitative estimate of drug-likeness (QED) is 0.495. The van der Waals surface area contributed by atoms with Crippen LogP contribution in [0.15, 0.2) is 51.7 Å². The lowest BCUT2D eigenvalue weighted by atomic mass is 9.97. The number of rotatable bonds is 2. The number of nitrogens with zero attached hydrogens (tertiary/aromatic N) is 1. The number of aromatic hydroxyl groups is 1. The van der Waals surface area contributed by atoms with Gasteiger partial charge in [-0.25, -0.2) is 4.79 Å². The molecule has 1 aliphatic rings. The third-order valence-corrected chi connectivity index (χ3v) is 5.20. The molecule has 1 aliphatic heterocycles. The topological polar surface area (TPSA) is 53.7 Å². The maximum atomic E-state index is 12.4. The molecule has 122 valence electrons. The lowest BCUT2D eigenvalue weighted by Crippen LogP contribution is -2.33. The molecule has 0 bridgehead atoms. The van der Waals surface area contributed by atoms with Crippen molar-refractivity contribution in [3.8, 4) is 5.75 Å². The maximum Gasteiger partial charge on any atom is 0.341 e. The van der Waals surface area contributed by atoms with Gasteiger partial charge in [-0.15, -0.1) is 0 Å². The van der Waals surface area contributed by atoms with Crippen LogP contribution in [0.1, 0.15) is 16.7 Å². The molecule has 1 N–H and O–H groups in total. The van der Waals surface area contributed by atoms with Crippen LogP contribution in [0.5, 0.6) is 5.75 Å². The molecule has 0 atom stereocenters. The molecule has 0 saturated heterocycles. The minimum Gasteiger partial charge on any atom is -0.508 e. The number of phenols is 1. The van der Waals surface area contributed by atoms with E-state index in [2.05, 4.69) is 51.8 Å². The minimum atomic E-state index is -0.296. The summed E-state index contributed by atoms with van der Waals surface area (Å²) in [6, 6.07) is 13.4. The van der Waals surface area contributed by atoms with Crippen molar-refractivity contribution in [2.45, 2.75) is 19.5 Å². The van der Waals surface area contributed by atoms with Gasteiger partial charge in [-0.3, -0.25) is 4.90 Å². The Hall–Kier alpha value is -1.86. The SMILES string of the molecule is O=c1oc2cc(O)ccc2c2c1CN(Cc1ccc(I)cc1)CC2. The van der Waals surface area contributed by atoms with Crippen molar-refractivity contribution in [3.05, 3.63) is 73.1 Å². The highest BCUT2D eigenvalue weighted by molar-refractivity contribution is 14.1. The monoisotopic (exact) mass is 433 g/mol. The summed E-state index contributed by atoms with van der Waals surface area (Å²) in [5, 5.41) is 10.5. The first kappa shape index (κ1) is 15.7. The predicted molar refractivity (Wildman–Crippen MR) is 101 cm³/mol. The summed E-state index contributed by atoms with van der Waals surface area (Å²) in [5.41, 5.74) is 3.21. The van der Waals surface area contributed by atoms with Crippen LogP contribution in [0.3, 0.4) is 0 Å². The van der Waals surface area contributed by atoms with E-state index >= 15 is 0 Å². The summed E-state index contributed by atoms with van der Waals surface area (Å²) in [6.45, 7) is 2.32. The molecule has 24 heavy (non-hydrogen) atoms. The van der Waals surface area contributed by atoms with Crippen LogP contribution >= 0.6 is 22.6 Å². The Bertz CT molecular complexity index is 963. The first-order chi connectivity index (χ1) is 11.6. The molecule has 4 rings (SSSR count). The number of fused-ring (bicyclic) bond motifs is 3. The molecular formula is C19H16INO3. The van der Waals surface area contributed by atoms with Gasteiger partial charge in [0.2, 0.25) is 0 Å². The Morgan fingerprint density at radius 1 is 1.12 bits per heavy atom. The third-order valence-electron chi connectivity index (χ3n) is 4.48. The highest BCUT2D eigenvalue weighted by Crippen LogP contribution is 2.28. The molecule has 2 heterocycles. The molecule has 0 unspecified atom stereocenters. The number of benzene rings is 2. The maximum absolute atomic E-state index is 12.4. The van der Waals surface area contributed by atoms with Crippen LogP contribution in [0.4, 0.5) is 0 Å². The van der Waals surface area contributed by atoms with Gasteiger partial charge in [0.05, 0.1) is 5.56 Å². The first-order valence-corrected chi connectivity index (χ1v) is 8.92. The summed E-state index contributed by atoms with van der Waals surface area (Å²) >= 11 is 2.30. The Balaban J connectivity index is 1.66. The molecule has 0 spiro atoms. The largest absolute Gasteiger partial charge is 0.508 e. The number of phenolic OH excluding ortho intramolecular Hbond substituents is 1. The first-order valence-electron chi connectivity index (χ1n) is 7.84. The summed E-state index contributed by atoms with van der Waals surface area (Å²) in [5.74, 6) is 0.113. The van der Waals surface area contributed by atoms with Gasteiger partial charge in [0.15, 0.2) is 0 Å². The van der Waals surface area contributed by atoms with Crippen LogP contribution in [0.25, 0.3) is 11.0 Å². The van der Waals surface area contributed by atoms with Crippen molar-refractivity contribution in [2.24, 2.45) is 0 Å². The van der Waals surface area contributed by atoms with E-state index in [9.17, 15) is 9.90 Å². The van der Waals surface area contributed by atoms with Crippen LogP contribution < -0.4 is 5.63 Å². The normalized spacial score (nSPS) is 14.7. The van der Waals surface area contributed by atoms with Crippen LogP contribution in [0.2, 0.25) is 0 Å². The average molecular weight is 433 g/mol. The molecule has 0 aliphatic carbocycles. The van der Waals surface area contributed by atoms with Gasteiger partial charge in [0, 0.05) is 34.7 Å². The molecule has 4 nitrogen and oxygen atoms in total. The smallest absolute Gasteiger partial charge is 0.341 e. The van der Waals surface area contributed by atoms with E-state index in [1.54, 1.807) is 6.07 Å². The standard InChI is InChI=1S/C19H16INO3/c20-13-3-1-12(2-4-13)10-21-8-7-15-16-6-5-14(22)9-18(16)24-19(23)17(15)11-21/h1-6,9,22H,7-8,10-11H2. The lowest BCUT2D eigenvalue weighted by molar-refractivity contribution is 0.241. The highest BCUT2D eigenvalue weighted by Gasteiger charge is 2.22. The molecule has 0 fully saturated rings. The fraction of sp³-hybridized carbons (Fsp3) is 0.211.